The number of unbranched alkanes of at least 4 members (excludes halogenated alkanes) is 17. The van der Waals surface area contributed by atoms with E-state index in [-0.39, 0.29) is 25.9 Å². The van der Waals surface area contributed by atoms with E-state index in [9.17, 15) is 34.5 Å². The lowest BCUT2D eigenvalue weighted by molar-refractivity contribution is -0.301. The van der Waals surface area contributed by atoms with Gasteiger partial charge in [0.15, 0.2) is 24.6 Å². The largest absolute Gasteiger partial charge is 0.479 e. The van der Waals surface area contributed by atoms with Crippen molar-refractivity contribution in [3.63, 3.8) is 0 Å². The molecule has 0 aliphatic carbocycles. The molecule has 1 rings (SSSR count). The van der Waals surface area contributed by atoms with Crippen molar-refractivity contribution in [1.82, 2.24) is 0 Å². The van der Waals surface area contributed by atoms with Crippen LogP contribution in [-0.2, 0) is 42.9 Å². The van der Waals surface area contributed by atoms with E-state index in [0.29, 0.717) is 19.3 Å². The van der Waals surface area contributed by atoms with Gasteiger partial charge in [-0.3, -0.25) is 14.4 Å². The number of aliphatic hydroxyl groups excluding tert-OH is 2. The van der Waals surface area contributed by atoms with Gasteiger partial charge in [-0.1, -0.05) is 170 Å². The van der Waals surface area contributed by atoms with E-state index in [1.54, 1.807) is 0 Å². The molecule has 404 valence electrons. The first kappa shape index (κ1) is 64.9. The highest BCUT2D eigenvalue weighted by atomic mass is 16.7. The molecule has 12 nitrogen and oxygen atoms in total. The molecule has 0 radical (unpaired) electrons. The van der Waals surface area contributed by atoms with Gasteiger partial charge in [-0.15, -0.1) is 0 Å². The number of carbonyl (C=O) groups excluding carboxylic acids is 3. The van der Waals surface area contributed by atoms with Crippen molar-refractivity contribution in [3.05, 3.63) is 85.1 Å². The molecule has 1 heterocycles. The summed E-state index contributed by atoms with van der Waals surface area (Å²) in [6.07, 6.45) is 47.1. The summed E-state index contributed by atoms with van der Waals surface area (Å²) in [4.78, 5) is 50.9. The number of esters is 3. The molecule has 0 aromatic rings. The summed E-state index contributed by atoms with van der Waals surface area (Å²) >= 11 is 0. The Morgan fingerprint density at radius 3 is 1.44 bits per heavy atom. The zero-order valence-corrected chi connectivity index (χ0v) is 44.2. The Labute approximate surface area is 429 Å². The minimum atomic E-state index is -1.92. The van der Waals surface area contributed by atoms with E-state index in [2.05, 4.69) is 106 Å². The molecule has 6 unspecified atom stereocenters. The van der Waals surface area contributed by atoms with Crippen molar-refractivity contribution < 1.29 is 58.2 Å². The van der Waals surface area contributed by atoms with Gasteiger partial charge in [0.2, 0.25) is 0 Å². The van der Waals surface area contributed by atoms with Gasteiger partial charge in [0, 0.05) is 19.3 Å². The van der Waals surface area contributed by atoms with Gasteiger partial charge in [0.25, 0.3) is 0 Å². The maximum absolute atomic E-state index is 13.1. The molecule has 0 saturated carbocycles. The predicted octanol–water partition coefficient (Wildman–Crippen LogP) is 13.6. The van der Waals surface area contributed by atoms with Gasteiger partial charge in [-0.25, -0.2) is 4.79 Å². The number of rotatable bonds is 45. The molecule has 1 fully saturated rings. The van der Waals surface area contributed by atoms with Crippen molar-refractivity contribution in [1.29, 1.82) is 0 Å². The van der Waals surface area contributed by atoms with Crippen molar-refractivity contribution in [2.45, 2.75) is 250 Å². The quantitative estimate of drug-likeness (QED) is 0.0228. The Morgan fingerprint density at radius 1 is 0.479 bits per heavy atom. The second kappa shape index (κ2) is 46.9. The average Bonchev–Trinajstić information content (AvgIpc) is 3.35. The highest BCUT2D eigenvalue weighted by Gasteiger charge is 2.50. The first-order valence-electron chi connectivity index (χ1n) is 27.6. The Balaban J connectivity index is 2.75. The first-order valence-corrected chi connectivity index (χ1v) is 27.6. The number of aliphatic carboxylic acids is 1. The average molecular weight is 997 g/mol. The van der Waals surface area contributed by atoms with Crippen LogP contribution in [0.5, 0.6) is 0 Å². The van der Waals surface area contributed by atoms with Gasteiger partial charge in [-0.05, 0) is 109 Å². The smallest absolute Gasteiger partial charge is 0.335 e. The zero-order valence-electron chi connectivity index (χ0n) is 44.2. The number of aliphatic hydroxyl groups is 2. The third-order valence-corrected chi connectivity index (χ3v) is 11.9. The number of carboxylic acids is 1. The molecule has 1 aliphatic heterocycles. The van der Waals surface area contributed by atoms with Crippen molar-refractivity contribution in [2.24, 2.45) is 0 Å². The van der Waals surface area contributed by atoms with Crippen molar-refractivity contribution in [3.8, 4) is 0 Å². The summed E-state index contributed by atoms with van der Waals surface area (Å²) in [7, 11) is 0. The van der Waals surface area contributed by atoms with E-state index < -0.39 is 67.3 Å². The molecule has 0 aromatic carbocycles. The van der Waals surface area contributed by atoms with Crippen LogP contribution in [0.25, 0.3) is 0 Å². The summed E-state index contributed by atoms with van der Waals surface area (Å²) in [5, 5.41) is 31.4. The molecule has 12 heteroatoms. The lowest BCUT2D eigenvalue weighted by atomic mass is 9.98. The van der Waals surface area contributed by atoms with Gasteiger partial charge >= 0.3 is 23.9 Å². The second-order valence-corrected chi connectivity index (χ2v) is 18.5. The number of hydrogen-bond acceptors (Lipinski definition) is 11. The van der Waals surface area contributed by atoms with Crippen molar-refractivity contribution >= 4 is 23.9 Å². The monoisotopic (exact) mass is 997 g/mol. The first-order chi connectivity index (χ1) is 34.6. The summed E-state index contributed by atoms with van der Waals surface area (Å²) in [6, 6.07) is 0. The fraction of sp³-hybridized carbons (Fsp3) is 0.695. The highest BCUT2D eigenvalue weighted by Crippen LogP contribution is 2.26. The highest BCUT2D eigenvalue weighted by molar-refractivity contribution is 5.74. The number of carbonyl (C=O) groups is 4. The summed E-state index contributed by atoms with van der Waals surface area (Å²) in [6.45, 7) is 5.74. The third kappa shape index (κ3) is 37.3. The van der Waals surface area contributed by atoms with Crippen LogP contribution >= 0.6 is 0 Å². The predicted molar refractivity (Wildman–Crippen MR) is 284 cm³/mol. The fourth-order valence-electron chi connectivity index (χ4n) is 7.66. The van der Waals surface area contributed by atoms with E-state index in [1.165, 1.54) is 32.1 Å². The molecular formula is C59H96O12. The number of ether oxygens (including phenoxy) is 5. The van der Waals surface area contributed by atoms with Crippen LogP contribution in [0.1, 0.15) is 213 Å². The van der Waals surface area contributed by atoms with E-state index in [4.69, 9.17) is 23.7 Å². The van der Waals surface area contributed by atoms with Gasteiger partial charge in [0.05, 0.1) is 6.61 Å². The second-order valence-electron chi connectivity index (χ2n) is 18.5. The maximum Gasteiger partial charge on any atom is 0.335 e. The molecule has 0 bridgehead atoms. The van der Waals surface area contributed by atoms with Crippen molar-refractivity contribution in [2.75, 3.05) is 13.2 Å². The van der Waals surface area contributed by atoms with E-state index >= 15 is 0 Å². The van der Waals surface area contributed by atoms with E-state index in [0.717, 1.165) is 122 Å². The Bertz CT molecular complexity index is 1560. The van der Waals surface area contributed by atoms with Crippen LogP contribution < -0.4 is 0 Å². The standard InChI is InChI=1S/C59H96O12/c1-4-7-10-13-16-19-22-24-26-28-31-33-36-39-42-45-51(60)67-48-50(69-52(61)46-43-40-37-34-30-21-18-15-12-9-6-3)49-68-59-57(55(64)54(63)56(71-59)58(65)66)70-53(62)47-44-41-38-35-32-29-27-25-23-20-17-14-11-8-5-2/h7,10,15-20,24-27,31,33,50,54-57,59,63-64H,4-6,8-9,11-14,21-23,28-30,32,34-49H2,1-3H3,(H,65,66)/b10-7-,18-15-,19-16-,20-17-,26-24-,27-25-,33-31-. The van der Waals surface area contributed by atoms with Gasteiger partial charge < -0.3 is 39.0 Å². The van der Waals surface area contributed by atoms with Crippen LogP contribution in [0.3, 0.4) is 0 Å². The van der Waals surface area contributed by atoms with Crippen LogP contribution in [0.15, 0.2) is 85.1 Å². The normalized spacial score (nSPS) is 19.1. The van der Waals surface area contributed by atoms with Crippen LogP contribution in [0.4, 0.5) is 0 Å². The minimum Gasteiger partial charge on any atom is -0.479 e. The topological polar surface area (TPSA) is 175 Å². The van der Waals surface area contributed by atoms with E-state index in [1.807, 2.05) is 0 Å². The fourth-order valence-corrected chi connectivity index (χ4v) is 7.66. The van der Waals surface area contributed by atoms with Gasteiger partial charge in [-0.2, -0.15) is 0 Å². The zero-order chi connectivity index (χ0) is 51.8. The molecular weight excluding hydrogens is 901 g/mol. The Morgan fingerprint density at radius 2 is 0.901 bits per heavy atom. The lowest BCUT2D eigenvalue weighted by Crippen LogP contribution is -2.61. The maximum atomic E-state index is 13.1. The van der Waals surface area contributed by atoms with Crippen LogP contribution in [-0.4, -0.2) is 89.2 Å². The molecule has 0 spiro atoms. The summed E-state index contributed by atoms with van der Waals surface area (Å²) in [5.41, 5.74) is 0. The van der Waals surface area contributed by atoms with Crippen LogP contribution in [0, 0.1) is 0 Å². The molecule has 1 aliphatic rings. The number of hydrogen-bond donors (Lipinski definition) is 3. The van der Waals surface area contributed by atoms with Crippen LogP contribution in [0.2, 0.25) is 0 Å². The summed E-state index contributed by atoms with van der Waals surface area (Å²) in [5.74, 6) is -3.22. The van der Waals surface area contributed by atoms with Gasteiger partial charge in [0.1, 0.15) is 18.8 Å². The minimum absolute atomic E-state index is 0.0363. The Kier molecular flexibility index (Phi) is 42.9. The molecule has 3 N–H and O–H groups in total. The number of allylic oxidation sites excluding steroid dienone is 14. The molecule has 71 heavy (non-hydrogen) atoms. The SMILES string of the molecule is CC/C=C\C/C=C\C/C=C\C/C=C\CCCCC(=O)OCC(COC1OC(C(=O)O)C(O)C(O)C1OC(=O)CCCCCCC/C=C\C/C=C\CCCCC)OC(=O)CCCCCCC/C=C\CCCC. The molecule has 0 aromatic heterocycles. The molecule has 6 atom stereocenters. The summed E-state index contributed by atoms with van der Waals surface area (Å²) < 4.78 is 28.3. The third-order valence-electron chi connectivity index (χ3n) is 11.9. The lowest BCUT2D eigenvalue weighted by Gasteiger charge is -2.40. The molecule has 1 saturated heterocycles. The number of carboxylic acid groups (broad SMARTS) is 1. The molecule has 0 amide bonds. The Hall–Kier alpha value is -4.10.